The van der Waals surface area contributed by atoms with Gasteiger partial charge in [0.2, 0.25) is 0 Å². The van der Waals surface area contributed by atoms with E-state index in [9.17, 15) is 9.18 Å². The van der Waals surface area contributed by atoms with E-state index in [0.717, 1.165) is 6.07 Å². The van der Waals surface area contributed by atoms with Gasteiger partial charge in [0.05, 0.1) is 11.6 Å². The standard InChI is InChI=1S/C10H8Cl2FNO/c1-6(11)5-14-10(15)7-2-3-8(12)9(13)4-7/h2-4H,1,5H2,(H,14,15). The van der Waals surface area contributed by atoms with Crippen molar-refractivity contribution >= 4 is 29.1 Å². The molecule has 0 saturated carbocycles. The highest BCUT2D eigenvalue weighted by molar-refractivity contribution is 6.31. The van der Waals surface area contributed by atoms with E-state index in [1.165, 1.54) is 12.1 Å². The maximum Gasteiger partial charge on any atom is 0.251 e. The van der Waals surface area contributed by atoms with Crippen LogP contribution in [0.25, 0.3) is 0 Å². The zero-order valence-corrected chi connectivity index (χ0v) is 9.20. The van der Waals surface area contributed by atoms with Crippen LogP contribution in [0.4, 0.5) is 4.39 Å². The molecular formula is C10H8Cl2FNO. The molecule has 0 saturated heterocycles. The van der Waals surface area contributed by atoms with Crippen LogP contribution in [0.2, 0.25) is 5.02 Å². The molecule has 1 rings (SSSR count). The fourth-order valence-electron chi connectivity index (χ4n) is 0.916. The van der Waals surface area contributed by atoms with Crippen LogP contribution in [0.1, 0.15) is 10.4 Å². The summed E-state index contributed by atoms with van der Waals surface area (Å²) in [6, 6.07) is 3.81. The summed E-state index contributed by atoms with van der Waals surface area (Å²) in [5, 5.41) is 2.75. The summed E-state index contributed by atoms with van der Waals surface area (Å²) >= 11 is 10.9. The maximum atomic E-state index is 13.0. The number of hydrogen-bond acceptors (Lipinski definition) is 1. The second-order valence-corrected chi connectivity index (χ2v) is 3.77. The van der Waals surface area contributed by atoms with Crippen molar-refractivity contribution in [3.63, 3.8) is 0 Å². The van der Waals surface area contributed by atoms with Crippen molar-refractivity contribution in [1.82, 2.24) is 5.32 Å². The number of carbonyl (C=O) groups is 1. The quantitative estimate of drug-likeness (QED) is 0.875. The topological polar surface area (TPSA) is 29.1 Å². The van der Waals surface area contributed by atoms with Gasteiger partial charge in [0, 0.05) is 10.6 Å². The molecule has 0 unspecified atom stereocenters. The Morgan fingerprint density at radius 2 is 2.20 bits per heavy atom. The Balaban J connectivity index is 2.74. The van der Waals surface area contributed by atoms with E-state index in [0.29, 0.717) is 5.03 Å². The SMILES string of the molecule is C=C(Cl)CNC(=O)c1ccc(Cl)c(F)c1. The molecule has 0 heterocycles. The van der Waals surface area contributed by atoms with Crippen molar-refractivity contribution in [3.8, 4) is 0 Å². The second kappa shape index (κ2) is 5.14. The van der Waals surface area contributed by atoms with Crippen molar-refractivity contribution in [2.75, 3.05) is 6.54 Å². The Kier molecular flexibility index (Phi) is 4.12. The van der Waals surface area contributed by atoms with Crippen LogP contribution < -0.4 is 5.32 Å². The third-order valence-corrected chi connectivity index (χ3v) is 2.06. The summed E-state index contributed by atoms with van der Waals surface area (Å²) in [4.78, 5) is 11.4. The van der Waals surface area contributed by atoms with Crippen molar-refractivity contribution in [2.24, 2.45) is 0 Å². The molecule has 0 spiro atoms. The molecule has 5 heteroatoms. The predicted octanol–water partition coefficient (Wildman–Crippen LogP) is 2.96. The van der Waals surface area contributed by atoms with Crippen LogP contribution >= 0.6 is 23.2 Å². The predicted molar refractivity (Wildman–Crippen MR) is 58.7 cm³/mol. The van der Waals surface area contributed by atoms with Gasteiger partial charge in [-0.2, -0.15) is 0 Å². The molecule has 80 valence electrons. The number of hydrogen-bond donors (Lipinski definition) is 1. The fraction of sp³-hybridized carbons (Fsp3) is 0.100. The van der Waals surface area contributed by atoms with Gasteiger partial charge in [-0.3, -0.25) is 4.79 Å². The fourth-order valence-corrected chi connectivity index (χ4v) is 1.10. The maximum absolute atomic E-state index is 13.0. The Labute approximate surface area is 96.7 Å². The first kappa shape index (κ1) is 12.0. The highest BCUT2D eigenvalue weighted by Gasteiger charge is 2.08. The summed E-state index contributed by atoms with van der Waals surface area (Å²) in [6.45, 7) is 3.55. The molecule has 15 heavy (non-hydrogen) atoms. The van der Waals surface area contributed by atoms with Crippen LogP contribution in [0, 0.1) is 5.82 Å². The average molecular weight is 248 g/mol. The molecule has 0 atom stereocenters. The molecule has 1 N–H and O–H groups in total. The minimum Gasteiger partial charge on any atom is -0.347 e. The van der Waals surface area contributed by atoms with E-state index < -0.39 is 11.7 Å². The minimum absolute atomic E-state index is 0.0201. The Bertz CT molecular complexity index is 406. The lowest BCUT2D eigenvalue weighted by molar-refractivity contribution is 0.0957. The van der Waals surface area contributed by atoms with Crippen LogP contribution in [0.15, 0.2) is 29.8 Å². The van der Waals surface area contributed by atoms with Gasteiger partial charge in [0.1, 0.15) is 5.82 Å². The zero-order chi connectivity index (χ0) is 11.4. The van der Waals surface area contributed by atoms with Crippen molar-refractivity contribution < 1.29 is 9.18 Å². The van der Waals surface area contributed by atoms with Crippen LogP contribution in [0.5, 0.6) is 0 Å². The number of halogens is 3. The zero-order valence-electron chi connectivity index (χ0n) is 7.69. The van der Waals surface area contributed by atoms with E-state index in [4.69, 9.17) is 23.2 Å². The first-order chi connectivity index (χ1) is 7.00. The Hall–Kier alpha value is -1.06. The van der Waals surface area contributed by atoms with Crippen molar-refractivity contribution in [3.05, 3.63) is 46.2 Å². The van der Waals surface area contributed by atoms with E-state index in [-0.39, 0.29) is 17.1 Å². The van der Waals surface area contributed by atoms with E-state index in [1.807, 2.05) is 0 Å². The van der Waals surface area contributed by atoms with Crippen LogP contribution in [0.3, 0.4) is 0 Å². The molecule has 0 fully saturated rings. The van der Waals surface area contributed by atoms with Gasteiger partial charge in [-0.05, 0) is 18.2 Å². The van der Waals surface area contributed by atoms with Gasteiger partial charge in [0.25, 0.3) is 5.91 Å². The van der Waals surface area contributed by atoms with Gasteiger partial charge in [0.15, 0.2) is 0 Å². The largest absolute Gasteiger partial charge is 0.347 e. The van der Waals surface area contributed by atoms with Crippen molar-refractivity contribution in [2.45, 2.75) is 0 Å². The molecule has 0 radical (unpaired) electrons. The highest BCUT2D eigenvalue weighted by atomic mass is 35.5. The summed E-state index contributed by atoms with van der Waals surface area (Å²) in [7, 11) is 0. The van der Waals surface area contributed by atoms with Gasteiger partial charge in [-0.15, -0.1) is 0 Å². The molecule has 0 aliphatic heterocycles. The summed E-state index contributed by atoms with van der Waals surface area (Å²) < 4.78 is 13.0. The monoisotopic (exact) mass is 247 g/mol. The number of benzene rings is 1. The van der Waals surface area contributed by atoms with E-state index in [2.05, 4.69) is 11.9 Å². The molecule has 1 aromatic carbocycles. The number of rotatable bonds is 3. The third kappa shape index (κ3) is 3.53. The summed E-state index contributed by atoms with van der Waals surface area (Å²) in [5.41, 5.74) is 0.190. The van der Waals surface area contributed by atoms with Crippen LogP contribution in [-0.4, -0.2) is 12.5 Å². The average Bonchev–Trinajstić information content (AvgIpc) is 2.18. The molecule has 0 bridgehead atoms. The molecule has 1 amide bonds. The van der Waals surface area contributed by atoms with Gasteiger partial charge in [-0.25, -0.2) is 4.39 Å². The first-order valence-corrected chi connectivity index (χ1v) is 4.83. The minimum atomic E-state index is -0.631. The first-order valence-electron chi connectivity index (χ1n) is 4.07. The lowest BCUT2D eigenvalue weighted by atomic mass is 10.2. The number of amides is 1. The third-order valence-electron chi connectivity index (χ3n) is 1.62. The van der Waals surface area contributed by atoms with E-state index >= 15 is 0 Å². The molecule has 0 aromatic heterocycles. The molecule has 0 aliphatic carbocycles. The Morgan fingerprint density at radius 3 is 2.73 bits per heavy atom. The van der Waals surface area contributed by atoms with Gasteiger partial charge >= 0.3 is 0 Å². The molecule has 1 aromatic rings. The molecule has 0 aliphatic rings. The molecular weight excluding hydrogens is 240 g/mol. The summed E-state index contributed by atoms with van der Waals surface area (Å²) in [6.07, 6.45) is 0. The number of nitrogens with one attached hydrogen (secondary N) is 1. The summed E-state index contributed by atoms with van der Waals surface area (Å²) in [5.74, 6) is -1.05. The Morgan fingerprint density at radius 1 is 1.53 bits per heavy atom. The van der Waals surface area contributed by atoms with Crippen LogP contribution in [-0.2, 0) is 0 Å². The lowest BCUT2D eigenvalue weighted by Crippen LogP contribution is -2.24. The molecule has 2 nitrogen and oxygen atoms in total. The van der Waals surface area contributed by atoms with Gasteiger partial charge < -0.3 is 5.32 Å². The second-order valence-electron chi connectivity index (χ2n) is 2.83. The smallest absolute Gasteiger partial charge is 0.251 e. The van der Waals surface area contributed by atoms with Crippen molar-refractivity contribution in [1.29, 1.82) is 0 Å². The van der Waals surface area contributed by atoms with E-state index in [1.54, 1.807) is 0 Å². The normalized spacial score (nSPS) is 9.80. The number of carbonyl (C=O) groups excluding carboxylic acids is 1. The lowest BCUT2D eigenvalue weighted by Gasteiger charge is -2.04. The highest BCUT2D eigenvalue weighted by Crippen LogP contribution is 2.15. The van der Waals surface area contributed by atoms with Gasteiger partial charge in [-0.1, -0.05) is 29.8 Å².